The molecular weight excluding hydrogens is 270 g/mol. The van der Waals surface area contributed by atoms with E-state index in [1.54, 1.807) is 30.3 Å². The van der Waals surface area contributed by atoms with Crippen LogP contribution in [0, 0.1) is 5.92 Å². The lowest BCUT2D eigenvalue weighted by Gasteiger charge is -2.16. The number of hydrogen-bond donors (Lipinski definition) is 0. The van der Waals surface area contributed by atoms with E-state index < -0.39 is 5.97 Å². The second-order valence-corrected chi connectivity index (χ2v) is 5.17. The van der Waals surface area contributed by atoms with Crippen molar-refractivity contribution in [2.24, 2.45) is 5.92 Å². The molecule has 5 nitrogen and oxygen atoms in total. The Morgan fingerprint density at radius 2 is 1.71 bits per heavy atom. The van der Waals surface area contributed by atoms with Crippen LogP contribution in [0.4, 0.5) is 0 Å². The fourth-order valence-corrected chi connectivity index (χ4v) is 2.27. The molecule has 5 heteroatoms. The van der Waals surface area contributed by atoms with Crippen LogP contribution < -0.4 is 0 Å². The summed E-state index contributed by atoms with van der Waals surface area (Å²) in [6.45, 7) is 3.74. The van der Waals surface area contributed by atoms with E-state index in [1.807, 2.05) is 13.8 Å². The molecule has 0 spiro atoms. The fourth-order valence-electron chi connectivity index (χ4n) is 2.27. The number of benzene rings is 1. The predicted molar refractivity (Wildman–Crippen MR) is 76.7 cm³/mol. The van der Waals surface area contributed by atoms with Crippen molar-refractivity contribution >= 4 is 17.8 Å². The lowest BCUT2D eigenvalue weighted by atomic mass is 10.1. The highest BCUT2D eigenvalue weighted by molar-refractivity contribution is 6.21. The van der Waals surface area contributed by atoms with Crippen molar-refractivity contribution in [1.82, 2.24) is 4.90 Å². The lowest BCUT2D eigenvalue weighted by molar-refractivity contribution is -0.136. The average molecular weight is 287 g/mol. The number of fused-ring (bicyclic) bond motifs is 1. The highest BCUT2D eigenvalue weighted by Crippen LogP contribution is 2.23. The molecule has 0 N–H and O–H groups in total. The summed E-state index contributed by atoms with van der Waals surface area (Å²) in [7, 11) is 1.28. The number of imide groups is 1. The second kappa shape index (κ2) is 5.91. The first kappa shape index (κ1) is 15.0. The number of carbonyl (C=O) groups is 3. The van der Waals surface area contributed by atoms with Gasteiger partial charge in [0.15, 0.2) is 0 Å². The average Bonchev–Trinajstić information content (AvgIpc) is 2.71. The van der Waals surface area contributed by atoms with E-state index in [0.717, 1.165) is 4.90 Å². The van der Waals surface area contributed by atoms with Crippen LogP contribution >= 0.6 is 0 Å². The maximum atomic E-state index is 12.3. The van der Waals surface area contributed by atoms with Crippen LogP contribution in [0.1, 0.15) is 34.6 Å². The van der Waals surface area contributed by atoms with E-state index >= 15 is 0 Å². The summed E-state index contributed by atoms with van der Waals surface area (Å²) >= 11 is 0. The Kier molecular flexibility index (Phi) is 4.21. The number of nitrogens with zero attached hydrogens (tertiary/aromatic N) is 1. The smallest absolute Gasteiger partial charge is 0.335 e. The van der Waals surface area contributed by atoms with Gasteiger partial charge in [-0.25, -0.2) is 4.79 Å². The van der Waals surface area contributed by atoms with Crippen molar-refractivity contribution in [3.05, 3.63) is 47.0 Å². The van der Waals surface area contributed by atoms with E-state index in [2.05, 4.69) is 0 Å². The van der Waals surface area contributed by atoms with Crippen molar-refractivity contribution in [1.29, 1.82) is 0 Å². The highest BCUT2D eigenvalue weighted by atomic mass is 16.5. The van der Waals surface area contributed by atoms with Gasteiger partial charge in [-0.3, -0.25) is 14.5 Å². The molecule has 1 aliphatic heterocycles. The minimum absolute atomic E-state index is 0.0722. The summed E-state index contributed by atoms with van der Waals surface area (Å²) in [6.07, 6.45) is 1.70. The molecule has 1 heterocycles. The fraction of sp³-hybridized carbons (Fsp3) is 0.312. The molecule has 1 aliphatic rings. The van der Waals surface area contributed by atoms with Crippen molar-refractivity contribution in [3.63, 3.8) is 0 Å². The van der Waals surface area contributed by atoms with Gasteiger partial charge in [0.2, 0.25) is 0 Å². The summed E-state index contributed by atoms with van der Waals surface area (Å²) in [5, 5.41) is 0. The Hall–Kier alpha value is -2.43. The minimum Gasteiger partial charge on any atom is -0.466 e. The monoisotopic (exact) mass is 287 g/mol. The first-order valence-electron chi connectivity index (χ1n) is 6.70. The largest absolute Gasteiger partial charge is 0.466 e. The molecule has 0 atom stereocenters. The third-order valence-electron chi connectivity index (χ3n) is 3.19. The Morgan fingerprint density at radius 1 is 1.19 bits per heavy atom. The van der Waals surface area contributed by atoms with Crippen LogP contribution in [-0.2, 0) is 9.53 Å². The van der Waals surface area contributed by atoms with Gasteiger partial charge in [0.25, 0.3) is 11.8 Å². The summed E-state index contributed by atoms with van der Waals surface area (Å²) in [5.41, 5.74) is 1.05. The Balaban J connectivity index is 2.30. The minimum atomic E-state index is -0.528. The molecule has 2 amide bonds. The molecule has 21 heavy (non-hydrogen) atoms. The molecule has 1 aromatic carbocycles. The van der Waals surface area contributed by atoms with Crippen LogP contribution in [0.2, 0.25) is 0 Å². The molecule has 1 aromatic rings. The van der Waals surface area contributed by atoms with Crippen LogP contribution in [-0.4, -0.2) is 36.3 Å². The third-order valence-corrected chi connectivity index (χ3v) is 3.19. The van der Waals surface area contributed by atoms with Gasteiger partial charge in [-0.2, -0.15) is 0 Å². The van der Waals surface area contributed by atoms with Crippen LogP contribution in [0.3, 0.4) is 0 Å². The van der Waals surface area contributed by atoms with Gasteiger partial charge in [-0.15, -0.1) is 0 Å². The van der Waals surface area contributed by atoms with E-state index in [0.29, 0.717) is 16.7 Å². The number of rotatable bonds is 4. The summed E-state index contributed by atoms with van der Waals surface area (Å²) < 4.78 is 4.71. The van der Waals surface area contributed by atoms with Crippen molar-refractivity contribution in [2.45, 2.75) is 13.8 Å². The molecular formula is C16H17NO4. The van der Waals surface area contributed by atoms with Crippen molar-refractivity contribution in [2.75, 3.05) is 13.7 Å². The molecule has 2 rings (SSSR count). The molecule has 0 aromatic heterocycles. The zero-order valence-corrected chi connectivity index (χ0v) is 12.3. The van der Waals surface area contributed by atoms with Gasteiger partial charge >= 0.3 is 5.97 Å². The topological polar surface area (TPSA) is 63.7 Å². The number of methoxy groups -OCH3 is 1. The Morgan fingerprint density at radius 3 is 2.14 bits per heavy atom. The molecule has 0 saturated carbocycles. The standard InChI is InChI=1S/C16H17NO4/c1-10(2)8-11(16(20)21-3)9-17-14(18)12-6-4-5-7-13(12)15(17)19/h4-8,10H,9H2,1-3H3/b11-8-. The maximum absolute atomic E-state index is 12.3. The van der Waals surface area contributed by atoms with E-state index in [-0.39, 0.29) is 24.3 Å². The lowest BCUT2D eigenvalue weighted by Crippen LogP contribution is -2.33. The molecule has 0 unspecified atom stereocenters. The van der Waals surface area contributed by atoms with Crippen LogP contribution in [0.5, 0.6) is 0 Å². The van der Waals surface area contributed by atoms with Crippen molar-refractivity contribution < 1.29 is 19.1 Å². The zero-order valence-electron chi connectivity index (χ0n) is 12.3. The van der Waals surface area contributed by atoms with Gasteiger partial charge in [-0.05, 0) is 18.1 Å². The van der Waals surface area contributed by atoms with Gasteiger partial charge < -0.3 is 4.74 Å². The first-order chi connectivity index (χ1) is 9.95. The van der Waals surface area contributed by atoms with E-state index in [1.165, 1.54) is 7.11 Å². The SMILES string of the molecule is COC(=O)/C(=C\C(C)C)CN1C(=O)c2ccccc2C1=O. The number of ether oxygens (including phenoxy) is 1. The predicted octanol–water partition coefficient (Wildman–Crippen LogP) is 2.04. The van der Waals surface area contributed by atoms with E-state index in [9.17, 15) is 14.4 Å². The number of allylic oxidation sites excluding steroid dienone is 1. The summed E-state index contributed by atoms with van der Waals surface area (Å²) in [4.78, 5) is 37.4. The Bertz CT molecular complexity index is 596. The number of carbonyl (C=O) groups excluding carboxylic acids is 3. The molecule has 0 bridgehead atoms. The number of hydrogen-bond acceptors (Lipinski definition) is 4. The second-order valence-electron chi connectivity index (χ2n) is 5.17. The normalized spacial score (nSPS) is 14.7. The Labute approximate surface area is 123 Å². The zero-order chi connectivity index (χ0) is 15.6. The molecule has 0 aliphatic carbocycles. The van der Waals surface area contributed by atoms with Gasteiger partial charge in [0.05, 0.1) is 30.4 Å². The highest BCUT2D eigenvalue weighted by Gasteiger charge is 2.36. The van der Waals surface area contributed by atoms with Gasteiger partial charge in [0.1, 0.15) is 0 Å². The number of esters is 1. The summed E-state index contributed by atoms with van der Waals surface area (Å²) in [5.74, 6) is -1.18. The van der Waals surface area contributed by atoms with Gasteiger partial charge in [0, 0.05) is 0 Å². The first-order valence-corrected chi connectivity index (χ1v) is 6.70. The maximum Gasteiger partial charge on any atom is 0.335 e. The van der Waals surface area contributed by atoms with Crippen molar-refractivity contribution in [3.8, 4) is 0 Å². The molecule has 0 radical (unpaired) electrons. The molecule has 110 valence electrons. The van der Waals surface area contributed by atoms with E-state index in [4.69, 9.17) is 4.74 Å². The number of amides is 2. The van der Waals surface area contributed by atoms with Crippen LogP contribution in [0.15, 0.2) is 35.9 Å². The molecule has 0 fully saturated rings. The quantitative estimate of drug-likeness (QED) is 0.483. The third kappa shape index (κ3) is 2.86. The summed E-state index contributed by atoms with van der Waals surface area (Å²) in [6, 6.07) is 6.64. The van der Waals surface area contributed by atoms with Crippen LogP contribution in [0.25, 0.3) is 0 Å². The molecule has 0 saturated heterocycles. The van der Waals surface area contributed by atoms with Gasteiger partial charge in [-0.1, -0.05) is 32.1 Å².